The summed E-state index contributed by atoms with van der Waals surface area (Å²) >= 11 is 0. The largest absolute Gasteiger partial charge is 0.478 e. The molecular formula is C30H28N4O2. The van der Waals surface area contributed by atoms with Crippen LogP contribution in [0, 0.1) is 6.92 Å². The fourth-order valence-electron chi connectivity index (χ4n) is 5.17. The summed E-state index contributed by atoms with van der Waals surface area (Å²) in [5.41, 5.74) is 7.03. The lowest BCUT2D eigenvalue weighted by Crippen LogP contribution is -2.05. The van der Waals surface area contributed by atoms with E-state index in [0.717, 1.165) is 63.5 Å². The highest BCUT2D eigenvalue weighted by atomic mass is 16.4. The normalized spacial score (nSPS) is 13.4. The molecule has 36 heavy (non-hydrogen) atoms. The smallest absolute Gasteiger partial charge is 0.336 e. The van der Waals surface area contributed by atoms with Gasteiger partial charge in [0.15, 0.2) is 0 Å². The van der Waals surface area contributed by atoms with Crippen LogP contribution in [-0.4, -0.2) is 30.2 Å². The molecule has 0 saturated heterocycles. The van der Waals surface area contributed by atoms with E-state index in [1.165, 1.54) is 12.8 Å². The Hall–Kier alpha value is -4.19. The van der Waals surface area contributed by atoms with Crippen molar-refractivity contribution >= 4 is 17.0 Å². The third-order valence-electron chi connectivity index (χ3n) is 7.06. The number of carboxylic acid groups (broad SMARTS) is 1. The predicted octanol–water partition coefficient (Wildman–Crippen LogP) is 6.85. The molecule has 6 nitrogen and oxygen atoms in total. The number of aromatic carboxylic acids is 1. The quantitative estimate of drug-likeness (QED) is 0.279. The van der Waals surface area contributed by atoms with E-state index >= 15 is 0 Å². The van der Waals surface area contributed by atoms with Crippen molar-refractivity contribution in [1.82, 2.24) is 19.1 Å². The second kappa shape index (κ2) is 8.79. The van der Waals surface area contributed by atoms with Crippen molar-refractivity contribution in [2.75, 3.05) is 0 Å². The third kappa shape index (κ3) is 3.70. The monoisotopic (exact) mass is 476 g/mol. The fourth-order valence-corrected chi connectivity index (χ4v) is 5.17. The van der Waals surface area contributed by atoms with E-state index in [4.69, 9.17) is 4.98 Å². The number of nitrogens with zero attached hydrogens (tertiary/aromatic N) is 4. The summed E-state index contributed by atoms with van der Waals surface area (Å²) in [6.07, 6.45) is 8.18. The molecule has 1 aliphatic carbocycles. The van der Waals surface area contributed by atoms with Crippen LogP contribution in [0.15, 0.2) is 73.1 Å². The second-order valence-electron chi connectivity index (χ2n) is 9.51. The molecule has 0 unspecified atom stereocenters. The third-order valence-corrected chi connectivity index (χ3v) is 7.06. The summed E-state index contributed by atoms with van der Waals surface area (Å²) in [4.78, 5) is 21.6. The van der Waals surface area contributed by atoms with Gasteiger partial charge in [0, 0.05) is 30.4 Å². The van der Waals surface area contributed by atoms with Crippen molar-refractivity contribution in [2.24, 2.45) is 0 Å². The van der Waals surface area contributed by atoms with Gasteiger partial charge in [0.25, 0.3) is 0 Å². The standard InChI is InChI=1S/C30H28N4O2/c1-3-7-28-32-25-15-12-20(29-31-16-17-33(29)21-13-14-21)18-27(25)34(28)26-11-6-10-22(19(26)2)23-8-4-5-9-24(23)30(35)36/h4-6,8-12,15-18,21H,3,7,13-14H2,1-2H3,(H,35,36). The van der Waals surface area contributed by atoms with Gasteiger partial charge >= 0.3 is 5.97 Å². The molecule has 0 spiro atoms. The lowest BCUT2D eigenvalue weighted by molar-refractivity contribution is 0.0697. The zero-order valence-electron chi connectivity index (χ0n) is 20.5. The molecule has 2 aromatic heterocycles. The van der Waals surface area contributed by atoms with Gasteiger partial charge in [-0.25, -0.2) is 14.8 Å². The fraction of sp³-hybridized carbons (Fsp3) is 0.233. The number of carboxylic acids is 1. The molecule has 1 fully saturated rings. The summed E-state index contributed by atoms with van der Waals surface area (Å²) in [5, 5.41) is 9.79. The molecule has 0 bridgehead atoms. The highest BCUT2D eigenvalue weighted by molar-refractivity contribution is 5.97. The van der Waals surface area contributed by atoms with Gasteiger partial charge in [-0.1, -0.05) is 37.3 Å². The molecule has 0 aliphatic heterocycles. The van der Waals surface area contributed by atoms with Crippen LogP contribution in [-0.2, 0) is 6.42 Å². The zero-order chi connectivity index (χ0) is 24.8. The zero-order valence-corrected chi connectivity index (χ0v) is 20.5. The Kier molecular flexibility index (Phi) is 5.44. The average Bonchev–Trinajstić information content (AvgIpc) is 3.50. The Morgan fingerprint density at radius 3 is 2.64 bits per heavy atom. The minimum atomic E-state index is -0.925. The highest BCUT2D eigenvalue weighted by Gasteiger charge is 2.26. The first-order valence-corrected chi connectivity index (χ1v) is 12.5. The van der Waals surface area contributed by atoms with Crippen LogP contribution in [0.2, 0.25) is 0 Å². The van der Waals surface area contributed by atoms with Gasteiger partial charge in [0.05, 0.1) is 22.3 Å². The molecule has 3 aromatic carbocycles. The number of aromatic nitrogens is 4. The Balaban J connectivity index is 1.56. The number of fused-ring (bicyclic) bond motifs is 1. The van der Waals surface area contributed by atoms with Gasteiger partial charge in [0.2, 0.25) is 0 Å². The predicted molar refractivity (Wildman–Crippen MR) is 142 cm³/mol. The molecule has 180 valence electrons. The van der Waals surface area contributed by atoms with E-state index in [-0.39, 0.29) is 0 Å². The molecule has 6 rings (SSSR count). The number of rotatable bonds is 7. The van der Waals surface area contributed by atoms with Gasteiger partial charge in [0.1, 0.15) is 11.6 Å². The SMILES string of the molecule is CCCc1nc2ccc(-c3nccn3C3CC3)cc2n1-c1cccc(-c2ccccc2C(=O)O)c1C. The Morgan fingerprint density at radius 1 is 1.06 bits per heavy atom. The molecule has 0 atom stereocenters. The lowest BCUT2D eigenvalue weighted by Gasteiger charge is -2.17. The van der Waals surface area contributed by atoms with Crippen LogP contribution in [0.4, 0.5) is 0 Å². The van der Waals surface area contributed by atoms with E-state index in [1.54, 1.807) is 12.1 Å². The minimum absolute atomic E-state index is 0.302. The molecule has 1 N–H and O–H groups in total. The number of aryl methyl sites for hydroxylation is 1. The van der Waals surface area contributed by atoms with Crippen molar-refractivity contribution in [3.05, 3.63) is 90.0 Å². The first-order chi connectivity index (χ1) is 17.6. The highest BCUT2D eigenvalue weighted by Crippen LogP contribution is 2.39. The molecule has 0 amide bonds. The number of imidazole rings is 2. The first-order valence-electron chi connectivity index (χ1n) is 12.5. The number of hydrogen-bond acceptors (Lipinski definition) is 3. The molecule has 5 aromatic rings. The van der Waals surface area contributed by atoms with Gasteiger partial charge in [-0.2, -0.15) is 0 Å². The number of hydrogen-bond donors (Lipinski definition) is 1. The molecule has 0 radical (unpaired) electrons. The number of carbonyl (C=O) groups is 1. The van der Waals surface area contributed by atoms with Gasteiger partial charge in [-0.3, -0.25) is 4.57 Å². The maximum atomic E-state index is 11.9. The summed E-state index contributed by atoms with van der Waals surface area (Å²) in [7, 11) is 0. The van der Waals surface area contributed by atoms with Crippen molar-refractivity contribution in [3.8, 4) is 28.2 Å². The second-order valence-corrected chi connectivity index (χ2v) is 9.51. The van der Waals surface area contributed by atoms with Crippen molar-refractivity contribution < 1.29 is 9.90 Å². The van der Waals surface area contributed by atoms with E-state index < -0.39 is 5.97 Å². The van der Waals surface area contributed by atoms with Crippen LogP contribution in [0.1, 0.15) is 54.0 Å². The summed E-state index contributed by atoms with van der Waals surface area (Å²) < 4.78 is 4.53. The first kappa shape index (κ1) is 22.3. The molecule has 1 saturated carbocycles. The van der Waals surface area contributed by atoms with Crippen LogP contribution < -0.4 is 0 Å². The summed E-state index contributed by atoms with van der Waals surface area (Å²) in [5.74, 6) is 1.07. The Labute approximate surface area is 209 Å². The molecule has 2 heterocycles. The van der Waals surface area contributed by atoms with Crippen molar-refractivity contribution in [2.45, 2.75) is 45.6 Å². The van der Waals surface area contributed by atoms with Gasteiger partial charge in [-0.15, -0.1) is 0 Å². The Morgan fingerprint density at radius 2 is 1.86 bits per heavy atom. The summed E-state index contributed by atoms with van der Waals surface area (Å²) in [6, 6.07) is 20.2. The lowest BCUT2D eigenvalue weighted by atomic mass is 9.95. The topological polar surface area (TPSA) is 72.9 Å². The maximum Gasteiger partial charge on any atom is 0.336 e. The Bertz CT molecular complexity index is 1610. The van der Waals surface area contributed by atoms with Crippen LogP contribution >= 0.6 is 0 Å². The maximum absolute atomic E-state index is 11.9. The molecule has 1 aliphatic rings. The summed E-state index contributed by atoms with van der Waals surface area (Å²) in [6.45, 7) is 4.22. The van der Waals surface area contributed by atoms with E-state index in [9.17, 15) is 9.90 Å². The van der Waals surface area contributed by atoms with Crippen molar-refractivity contribution in [1.29, 1.82) is 0 Å². The minimum Gasteiger partial charge on any atom is -0.478 e. The van der Waals surface area contributed by atoms with Gasteiger partial charge in [-0.05, 0) is 73.2 Å². The van der Waals surface area contributed by atoms with Crippen LogP contribution in [0.25, 0.3) is 39.2 Å². The molecule has 6 heteroatoms. The van der Waals surface area contributed by atoms with Gasteiger partial charge < -0.3 is 9.67 Å². The van der Waals surface area contributed by atoms with E-state index in [1.807, 2.05) is 30.5 Å². The van der Waals surface area contributed by atoms with Crippen molar-refractivity contribution in [3.63, 3.8) is 0 Å². The van der Waals surface area contributed by atoms with E-state index in [2.05, 4.69) is 58.4 Å². The molecular weight excluding hydrogens is 448 g/mol. The average molecular weight is 477 g/mol. The van der Waals surface area contributed by atoms with Crippen LogP contribution in [0.5, 0.6) is 0 Å². The number of benzene rings is 3. The van der Waals surface area contributed by atoms with E-state index in [0.29, 0.717) is 11.6 Å². The van der Waals surface area contributed by atoms with Crippen LogP contribution in [0.3, 0.4) is 0 Å².